The highest BCUT2D eigenvalue weighted by atomic mass is 15.1. The summed E-state index contributed by atoms with van der Waals surface area (Å²) in [6, 6.07) is 10.4. The number of hydrogen-bond acceptors (Lipinski definition) is 4. The molecule has 0 fully saturated rings. The maximum absolute atomic E-state index is 4.51. The van der Waals surface area contributed by atoms with Gasteiger partial charge in [0.25, 0.3) is 0 Å². The van der Waals surface area contributed by atoms with E-state index in [1.807, 2.05) is 19.1 Å². The molecule has 1 heterocycles. The third-order valence-electron chi connectivity index (χ3n) is 3.77. The summed E-state index contributed by atoms with van der Waals surface area (Å²) in [6.07, 6.45) is 3.63. The quantitative estimate of drug-likeness (QED) is 0.653. The SMILES string of the molecule is CCCCCNc1cc(Nc2ccccc2C(C)C)nc(C)n1. The Labute approximate surface area is 139 Å². The van der Waals surface area contributed by atoms with Crippen LogP contribution in [0.1, 0.15) is 57.3 Å². The fourth-order valence-electron chi connectivity index (χ4n) is 2.57. The number of benzene rings is 1. The number of unbranched alkanes of at least 4 members (excludes halogenated alkanes) is 2. The van der Waals surface area contributed by atoms with Crippen molar-refractivity contribution in [1.82, 2.24) is 9.97 Å². The van der Waals surface area contributed by atoms with Crippen molar-refractivity contribution < 1.29 is 0 Å². The van der Waals surface area contributed by atoms with E-state index in [0.717, 1.165) is 29.7 Å². The molecule has 0 unspecified atom stereocenters. The third-order valence-corrected chi connectivity index (χ3v) is 3.77. The summed E-state index contributed by atoms with van der Waals surface area (Å²) in [6.45, 7) is 9.49. The minimum absolute atomic E-state index is 0.466. The predicted molar refractivity (Wildman–Crippen MR) is 98.6 cm³/mol. The molecule has 0 saturated heterocycles. The molecule has 2 N–H and O–H groups in total. The molecule has 0 amide bonds. The zero-order valence-electron chi connectivity index (χ0n) is 14.7. The first-order valence-electron chi connectivity index (χ1n) is 8.55. The molecule has 4 heteroatoms. The van der Waals surface area contributed by atoms with Crippen LogP contribution in [0.25, 0.3) is 0 Å². The molecule has 0 saturated carbocycles. The Balaban J connectivity index is 2.12. The lowest BCUT2D eigenvalue weighted by Crippen LogP contribution is -2.07. The molecule has 124 valence electrons. The Bertz CT molecular complexity index is 623. The van der Waals surface area contributed by atoms with Crippen LogP contribution in [-0.4, -0.2) is 16.5 Å². The maximum Gasteiger partial charge on any atom is 0.136 e. The Hall–Kier alpha value is -2.10. The lowest BCUT2D eigenvalue weighted by Gasteiger charge is -2.15. The van der Waals surface area contributed by atoms with E-state index >= 15 is 0 Å². The van der Waals surface area contributed by atoms with E-state index in [1.165, 1.54) is 24.8 Å². The highest BCUT2D eigenvalue weighted by Gasteiger charge is 2.08. The van der Waals surface area contributed by atoms with Gasteiger partial charge in [0.2, 0.25) is 0 Å². The van der Waals surface area contributed by atoms with Gasteiger partial charge in [-0.1, -0.05) is 51.8 Å². The van der Waals surface area contributed by atoms with E-state index in [0.29, 0.717) is 5.92 Å². The fraction of sp³-hybridized carbons (Fsp3) is 0.474. The molecule has 0 radical (unpaired) electrons. The van der Waals surface area contributed by atoms with E-state index in [4.69, 9.17) is 0 Å². The number of rotatable bonds is 8. The molecule has 1 aromatic carbocycles. The lowest BCUT2D eigenvalue weighted by atomic mass is 10.0. The average Bonchev–Trinajstić information content (AvgIpc) is 2.51. The predicted octanol–water partition coefficient (Wildman–Crippen LogP) is 5.25. The van der Waals surface area contributed by atoms with Crippen LogP contribution in [-0.2, 0) is 0 Å². The van der Waals surface area contributed by atoms with E-state index in [-0.39, 0.29) is 0 Å². The zero-order chi connectivity index (χ0) is 16.7. The van der Waals surface area contributed by atoms with Gasteiger partial charge in [-0.25, -0.2) is 9.97 Å². The van der Waals surface area contributed by atoms with E-state index < -0.39 is 0 Å². The molecular formula is C19H28N4. The second-order valence-corrected chi connectivity index (χ2v) is 6.19. The van der Waals surface area contributed by atoms with Crippen LogP contribution < -0.4 is 10.6 Å². The highest BCUT2D eigenvalue weighted by molar-refractivity contribution is 5.63. The van der Waals surface area contributed by atoms with Crippen molar-refractivity contribution in [3.63, 3.8) is 0 Å². The van der Waals surface area contributed by atoms with Crippen molar-refractivity contribution in [3.05, 3.63) is 41.7 Å². The molecule has 4 nitrogen and oxygen atoms in total. The first kappa shape index (κ1) is 17.3. The number of nitrogens with one attached hydrogen (secondary N) is 2. The van der Waals surface area contributed by atoms with Gasteiger partial charge in [0.1, 0.15) is 17.5 Å². The minimum atomic E-state index is 0.466. The number of nitrogens with zero attached hydrogens (tertiary/aromatic N) is 2. The summed E-state index contributed by atoms with van der Waals surface area (Å²) in [5, 5.41) is 6.84. The van der Waals surface area contributed by atoms with Crippen molar-refractivity contribution in [2.45, 2.75) is 52.9 Å². The fourth-order valence-corrected chi connectivity index (χ4v) is 2.57. The molecule has 0 atom stereocenters. The average molecular weight is 312 g/mol. The van der Waals surface area contributed by atoms with Crippen molar-refractivity contribution in [2.75, 3.05) is 17.2 Å². The molecule has 2 rings (SSSR count). The first-order chi connectivity index (χ1) is 11.1. The number of hydrogen-bond donors (Lipinski definition) is 2. The Morgan fingerprint density at radius 1 is 1.04 bits per heavy atom. The van der Waals surface area contributed by atoms with E-state index in [9.17, 15) is 0 Å². The molecular weight excluding hydrogens is 284 g/mol. The highest BCUT2D eigenvalue weighted by Crippen LogP contribution is 2.26. The zero-order valence-corrected chi connectivity index (χ0v) is 14.7. The van der Waals surface area contributed by atoms with E-state index in [2.05, 4.69) is 59.6 Å². The van der Waals surface area contributed by atoms with Gasteiger partial charge in [0, 0.05) is 18.3 Å². The monoisotopic (exact) mass is 312 g/mol. The van der Waals surface area contributed by atoms with Crippen LogP contribution >= 0.6 is 0 Å². The maximum atomic E-state index is 4.51. The Morgan fingerprint density at radius 3 is 2.52 bits per heavy atom. The van der Waals surface area contributed by atoms with Crippen molar-refractivity contribution in [2.24, 2.45) is 0 Å². The van der Waals surface area contributed by atoms with Gasteiger partial charge in [-0.3, -0.25) is 0 Å². The standard InChI is InChI=1S/C19H28N4/c1-5-6-9-12-20-18-13-19(22-15(4)21-18)23-17-11-8-7-10-16(17)14(2)3/h7-8,10-11,13-14H,5-6,9,12H2,1-4H3,(H2,20,21,22,23). The van der Waals surface area contributed by atoms with Crippen LogP contribution in [0.5, 0.6) is 0 Å². The third kappa shape index (κ3) is 5.23. The van der Waals surface area contributed by atoms with Crippen LogP contribution in [0.2, 0.25) is 0 Å². The lowest BCUT2D eigenvalue weighted by molar-refractivity contribution is 0.742. The van der Waals surface area contributed by atoms with Gasteiger partial charge in [0.05, 0.1) is 0 Å². The second kappa shape index (κ2) is 8.51. The number of aromatic nitrogens is 2. The Morgan fingerprint density at radius 2 is 1.78 bits per heavy atom. The molecule has 0 aliphatic carbocycles. The summed E-state index contributed by atoms with van der Waals surface area (Å²) in [5.74, 6) is 2.96. The molecule has 1 aromatic heterocycles. The molecule has 0 aliphatic heterocycles. The first-order valence-corrected chi connectivity index (χ1v) is 8.55. The van der Waals surface area contributed by atoms with Crippen LogP contribution in [0, 0.1) is 6.92 Å². The summed E-state index contributed by atoms with van der Waals surface area (Å²) >= 11 is 0. The normalized spacial score (nSPS) is 10.8. The van der Waals surface area contributed by atoms with Crippen LogP contribution in [0.15, 0.2) is 30.3 Å². The number of aryl methyl sites for hydroxylation is 1. The van der Waals surface area contributed by atoms with Gasteiger partial charge >= 0.3 is 0 Å². The summed E-state index contributed by atoms with van der Waals surface area (Å²) in [5.41, 5.74) is 2.40. The van der Waals surface area contributed by atoms with Gasteiger partial charge in [0.15, 0.2) is 0 Å². The van der Waals surface area contributed by atoms with Gasteiger partial charge in [-0.2, -0.15) is 0 Å². The van der Waals surface area contributed by atoms with Crippen molar-refractivity contribution in [1.29, 1.82) is 0 Å². The van der Waals surface area contributed by atoms with Crippen LogP contribution in [0.4, 0.5) is 17.3 Å². The van der Waals surface area contributed by atoms with E-state index in [1.54, 1.807) is 0 Å². The molecule has 0 aliphatic rings. The topological polar surface area (TPSA) is 49.8 Å². The Kier molecular flexibility index (Phi) is 6.39. The van der Waals surface area contributed by atoms with Gasteiger partial charge < -0.3 is 10.6 Å². The van der Waals surface area contributed by atoms with Crippen molar-refractivity contribution >= 4 is 17.3 Å². The van der Waals surface area contributed by atoms with Crippen molar-refractivity contribution in [3.8, 4) is 0 Å². The largest absolute Gasteiger partial charge is 0.370 e. The number of anilines is 3. The van der Waals surface area contributed by atoms with Crippen LogP contribution in [0.3, 0.4) is 0 Å². The minimum Gasteiger partial charge on any atom is -0.370 e. The smallest absolute Gasteiger partial charge is 0.136 e. The molecule has 23 heavy (non-hydrogen) atoms. The summed E-state index contributed by atoms with van der Waals surface area (Å²) < 4.78 is 0. The summed E-state index contributed by atoms with van der Waals surface area (Å²) in [7, 11) is 0. The molecule has 2 aromatic rings. The molecule has 0 bridgehead atoms. The second-order valence-electron chi connectivity index (χ2n) is 6.19. The number of para-hydroxylation sites is 1. The van der Waals surface area contributed by atoms with Gasteiger partial charge in [-0.05, 0) is 30.9 Å². The van der Waals surface area contributed by atoms with Gasteiger partial charge in [-0.15, -0.1) is 0 Å². The molecule has 0 spiro atoms. The summed E-state index contributed by atoms with van der Waals surface area (Å²) in [4.78, 5) is 8.98.